The summed E-state index contributed by atoms with van der Waals surface area (Å²) in [6.45, 7) is 3.74. The first-order valence-electron chi connectivity index (χ1n) is 7.66. The average Bonchev–Trinajstić information content (AvgIpc) is 2.46. The molecule has 0 amide bonds. The van der Waals surface area contributed by atoms with E-state index < -0.39 is 17.0 Å². The van der Waals surface area contributed by atoms with Gasteiger partial charge in [-0.05, 0) is 35.1 Å². The third kappa shape index (κ3) is 4.06. The molecular weight excluding hydrogens is 308 g/mol. The molecule has 0 bridgehead atoms. The lowest BCUT2D eigenvalue weighted by molar-refractivity contribution is -0.160. The zero-order valence-corrected chi connectivity index (χ0v) is 13.7. The molecular formula is C19H22O5. The number of aromatic hydroxyl groups is 2. The van der Waals surface area contributed by atoms with Crippen molar-refractivity contribution in [2.75, 3.05) is 0 Å². The minimum Gasteiger partial charge on any atom is -0.508 e. The molecule has 0 radical (unpaired) electrons. The molecule has 0 saturated heterocycles. The monoisotopic (exact) mass is 330 g/mol. The lowest BCUT2D eigenvalue weighted by Crippen LogP contribution is -2.45. The predicted octanol–water partition coefficient (Wildman–Crippen LogP) is 2.82. The van der Waals surface area contributed by atoms with Crippen molar-refractivity contribution < 1.29 is 25.2 Å². The van der Waals surface area contributed by atoms with Crippen LogP contribution in [0, 0.1) is 0 Å². The normalized spacial score (nSPS) is 14.1. The van der Waals surface area contributed by atoms with Gasteiger partial charge in [0, 0.05) is 12.5 Å². The summed E-state index contributed by atoms with van der Waals surface area (Å²) in [4.78, 5) is 11.7. The van der Waals surface area contributed by atoms with E-state index in [2.05, 4.69) is 0 Å². The number of aliphatic hydroxyl groups is 1. The molecule has 0 aliphatic rings. The molecule has 0 aliphatic heterocycles. The van der Waals surface area contributed by atoms with E-state index >= 15 is 0 Å². The highest BCUT2D eigenvalue weighted by Crippen LogP contribution is 2.35. The third-order valence-electron chi connectivity index (χ3n) is 4.15. The molecule has 0 saturated carbocycles. The minimum atomic E-state index is -2.03. The van der Waals surface area contributed by atoms with Crippen LogP contribution in [0.25, 0.3) is 0 Å². The molecule has 2 rings (SSSR count). The SMILES string of the molecule is CC(C)(CC(O)(Cc1cc(O)cc(O)c1)C(=O)O)c1ccccc1. The first kappa shape index (κ1) is 17.8. The first-order valence-corrected chi connectivity index (χ1v) is 7.66. The van der Waals surface area contributed by atoms with Crippen molar-refractivity contribution >= 4 is 5.97 Å². The summed E-state index contributed by atoms with van der Waals surface area (Å²) < 4.78 is 0. The van der Waals surface area contributed by atoms with E-state index in [0.29, 0.717) is 5.56 Å². The van der Waals surface area contributed by atoms with Gasteiger partial charge in [0.1, 0.15) is 11.5 Å². The van der Waals surface area contributed by atoms with E-state index in [9.17, 15) is 25.2 Å². The average molecular weight is 330 g/mol. The molecule has 0 aromatic heterocycles. The van der Waals surface area contributed by atoms with Crippen LogP contribution in [0.5, 0.6) is 11.5 Å². The largest absolute Gasteiger partial charge is 0.508 e. The minimum absolute atomic E-state index is 0.0181. The number of carboxylic acids is 1. The van der Waals surface area contributed by atoms with Crippen molar-refractivity contribution in [1.29, 1.82) is 0 Å². The van der Waals surface area contributed by atoms with Crippen LogP contribution >= 0.6 is 0 Å². The number of carbonyl (C=O) groups is 1. The van der Waals surface area contributed by atoms with Gasteiger partial charge < -0.3 is 20.4 Å². The van der Waals surface area contributed by atoms with Crippen LogP contribution in [-0.2, 0) is 16.6 Å². The lowest BCUT2D eigenvalue weighted by atomic mass is 9.73. The Morgan fingerprint density at radius 1 is 1.00 bits per heavy atom. The van der Waals surface area contributed by atoms with E-state index in [1.807, 2.05) is 44.2 Å². The molecule has 0 aliphatic carbocycles. The second-order valence-corrected chi connectivity index (χ2v) is 6.80. The van der Waals surface area contributed by atoms with E-state index in [1.165, 1.54) is 12.1 Å². The fourth-order valence-corrected chi connectivity index (χ4v) is 3.03. The van der Waals surface area contributed by atoms with Crippen molar-refractivity contribution in [3.05, 3.63) is 59.7 Å². The van der Waals surface area contributed by atoms with Crippen LogP contribution in [0.2, 0.25) is 0 Å². The highest BCUT2D eigenvalue weighted by Gasteiger charge is 2.42. The zero-order valence-electron chi connectivity index (χ0n) is 13.7. The van der Waals surface area contributed by atoms with Gasteiger partial charge in [0.15, 0.2) is 5.60 Å². The van der Waals surface area contributed by atoms with Gasteiger partial charge in [0.25, 0.3) is 0 Å². The Bertz CT molecular complexity index is 704. The second-order valence-electron chi connectivity index (χ2n) is 6.80. The Balaban J connectivity index is 2.32. The lowest BCUT2D eigenvalue weighted by Gasteiger charge is -2.34. The Morgan fingerprint density at radius 2 is 1.54 bits per heavy atom. The molecule has 0 fully saturated rings. The van der Waals surface area contributed by atoms with Gasteiger partial charge in [-0.1, -0.05) is 44.2 Å². The fraction of sp³-hybridized carbons (Fsp3) is 0.316. The van der Waals surface area contributed by atoms with Gasteiger partial charge >= 0.3 is 5.97 Å². The molecule has 0 spiro atoms. The molecule has 1 unspecified atom stereocenters. The summed E-state index contributed by atoms with van der Waals surface area (Å²) in [6.07, 6.45) is -0.240. The van der Waals surface area contributed by atoms with E-state index in [0.717, 1.165) is 11.6 Å². The van der Waals surface area contributed by atoms with Crippen LogP contribution in [0.15, 0.2) is 48.5 Å². The molecule has 5 nitrogen and oxygen atoms in total. The quantitative estimate of drug-likeness (QED) is 0.653. The van der Waals surface area contributed by atoms with Crippen LogP contribution in [0.3, 0.4) is 0 Å². The first-order chi connectivity index (χ1) is 11.1. The van der Waals surface area contributed by atoms with Gasteiger partial charge in [-0.25, -0.2) is 4.79 Å². The highest BCUT2D eigenvalue weighted by atomic mass is 16.4. The predicted molar refractivity (Wildman–Crippen MR) is 90.1 cm³/mol. The number of aliphatic carboxylic acids is 1. The second kappa shape index (κ2) is 6.53. The summed E-state index contributed by atoms with van der Waals surface area (Å²) in [5, 5.41) is 39.4. The van der Waals surface area contributed by atoms with Crippen molar-refractivity contribution in [2.24, 2.45) is 0 Å². The van der Waals surface area contributed by atoms with Crippen LogP contribution < -0.4 is 0 Å². The molecule has 2 aromatic carbocycles. The summed E-state index contributed by atoms with van der Waals surface area (Å²) in [7, 11) is 0. The Labute approximate surface area is 140 Å². The Kier molecular flexibility index (Phi) is 4.85. The molecule has 24 heavy (non-hydrogen) atoms. The van der Waals surface area contributed by atoms with E-state index in [1.54, 1.807) is 0 Å². The summed E-state index contributed by atoms with van der Waals surface area (Å²) in [5.74, 6) is -1.70. The van der Waals surface area contributed by atoms with Crippen molar-refractivity contribution in [1.82, 2.24) is 0 Å². The number of hydrogen-bond acceptors (Lipinski definition) is 4. The van der Waals surface area contributed by atoms with Gasteiger partial charge in [0.05, 0.1) is 0 Å². The number of rotatable bonds is 6. The maximum absolute atomic E-state index is 11.7. The zero-order chi connectivity index (χ0) is 18.0. The van der Waals surface area contributed by atoms with Gasteiger partial charge in [-0.15, -0.1) is 0 Å². The number of hydrogen-bond donors (Lipinski definition) is 4. The number of phenols is 2. The molecule has 128 valence electrons. The molecule has 4 N–H and O–H groups in total. The molecule has 2 aromatic rings. The van der Waals surface area contributed by atoms with Crippen LogP contribution in [-0.4, -0.2) is 32.0 Å². The number of benzene rings is 2. The van der Waals surface area contributed by atoms with Gasteiger partial charge in [-0.3, -0.25) is 0 Å². The Hall–Kier alpha value is -2.53. The van der Waals surface area contributed by atoms with E-state index in [4.69, 9.17) is 0 Å². The summed E-state index contributed by atoms with van der Waals surface area (Å²) in [6, 6.07) is 13.2. The molecule has 0 heterocycles. The summed E-state index contributed by atoms with van der Waals surface area (Å²) >= 11 is 0. The number of carboxylic acid groups (broad SMARTS) is 1. The standard InChI is InChI=1S/C19H22O5/c1-18(2,14-6-4-3-5-7-14)12-19(24,17(22)23)11-13-8-15(20)10-16(21)9-13/h3-10,20-21,24H,11-12H2,1-2H3,(H,22,23). The van der Waals surface area contributed by atoms with Crippen LogP contribution in [0.1, 0.15) is 31.4 Å². The Morgan fingerprint density at radius 3 is 2.04 bits per heavy atom. The van der Waals surface area contributed by atoms with Crippen molar-refractivity contribution in [3.8, 4) is 11.5 Å². The molecule has 1 atom stereocenters. The van der Waals surface area contributed by atoms with Gasteiger partial charge in [-0.2, -0.15) is 0 Å². The smallest absolute Gasteiger partial charge is 0.336 e. The third-order valence-corrected chi connectivity index (χ3v) is 4.15. The topological polar surface area (TPSA) is 98.0 Å². The molecule has 5 heteroatoms. The summed E-state index contributed by atoms with van der Waals surface area (Å²) in [5.41, 5.74) is -1.34. The number of phenolic OH excluding ortho intramolecular Hbond substituents is 2. The van der Waals surface area contributed by atoms with Crippen LogP contribution in [0.4, 0.5) is 0 Å². The fourth-order valence-electron chi connectivity index (χ4n) is 3.03. The highest BCUT2D eigenvalue weighted by molar-refractivity contribution is 5.78. The maximum Gasteiger partial charge on any atom is 0.336 e. The maximum atomic E-state index is 11.7. The van der Waals surface area contributed by atoms with Gasteiger partial charge in [0.2, 0.25) is 0 Å². The van der Waals surface area contributed by atoms with E-state index in [-0.39, 0.29) is 24.3 Å². The van der Waals surface area contributed by atoms with Crippen molar-refractivity contribution in [2.45, 2.75) is 37.7 Å². The van der Waals surface area contributed by atoms with Crippen molar-refractivity contribution in [3.63, 3.8) is 0 Å².